The van der Waals surface area contributed by atoms with Crippen LogP contribution < -0.4 is 20.1 Å². The first-order valence-electron chi connectivity index (χ1n) is 9.49. The zero-order valence-corrected chi connectivity index (χ0v) is 16.2. The lowest BCUT2D eigenvalue weighted by atomic mass is 9.80. The van der Waals surface area contributed by atoms with Crippen LogP contribution >= 0.6 is 0 Å². The molecular weight excluding hydrogens is 356 g/mol. The molecule has 148 valence electrons. The molecule has 2 aromatic rings. The molecule has 0 heterocycles. The Hall–Kier alpha value is -3.02. The Bertz CT molecular complexity index is 735. The second-order valence-corrected chi connectivity index (χ2v) is 7.00. The van der Waals surface area contributed by atoms with Gasteiger partial charge in [-0.15, -0.1) is 0 Å². The number of ether oxygens (including phenoxy) is 2. The van der Waals surface area contributed by atoms with Gasteiger partial charge in [0.15, 0.2) is 0 Å². The first-order chi connectivity index (χ1) is 13.6. The molecule has 0 spiro atoms. The molecule has 2 aromatic carbocycles. The Kier molecular flexibility index (Phi) is 6.53. The van der Waals surface area contributed by atoms with E-state index in [0.29, 0.717) is 6.42 Å². The highest BCUT2D eigenvalue weighted by Gasteiger charge is 2.31. The number of carbonyl (C=O) groups excluding carboxylic acids is 2. The maximum atomic E-state index is 12.6. The zero-order valence-electron chi connectivity index (χ0n) is 16.2. The minimum absolute atomic E-state index is 0.0351. The normalized spacial score (nSPS) is 18.8. The Morgan fingerprint density at radius 3 is 1.50 bits per heavy atom. The molecule has 0 radical (unpaired) electrons. The SMILES string of the molecule is COc1ccc(NC(=O)[C@H]2CCC[C@H](C(=O)Nc3ccc(OC)cc3)C2)cc1. The minimum Gasteiger partial charge on any atom is -0.497 e. The van der Waals surface area contributed by atoms with E-state index >= 15 is 0 Å². The van der Waals surface area contributed by atoms with Crippen LogP contribution in [0.15, 0.2) is 48.5 Å². The fourth-order valence-corrected chi connectivity index (χ4v) is 3.50. The number of methoxy groups -OCH3 is 2. The van der Waals surface area contributed by atoms with Gasteiger partial charge in [-0.1, -0.05) is 6.42 Å². The molecule has 1 fully saturated rings. The molecule has 0 aliphatic heterocycles. The first-order valence-corrected chi connectivity index (χ1v) is 9.49. The molecule has 0 bridgehead atoms. The Morgan fingerprint density at radius 2 is 1.14 bits per heavy atom. The summed E-state index contributed by atoms with van der Waals surface area (Å²) in [5, 5.41) is 5.89. The van der Waals surface area contributed by atoms with Crippen LogP contribution in [0.3, 0.4) is 0 Å². The van der Waals surface area contributed by atoms with E-state index in [4.69, 9.17) is 9.47 Å². The van der Waals surface area contributed by atoms with Crippen molar-refractivity contribution in [2.24, 2.45) is 11.8 Å². The fourth-order valence-electron chi connectivity index (χ4n) is 3.50. The summed E-state index contributed by atoms with van der Waals surface area (Å²) in [7, 11) is 3.21. The molecule has 0 saturated heterocycles. The zero-order chi connectivity index (χ0) is 19.9. The van der Waals surface area contributed by atoms with E-state index in [2.05, 4.69) is 10.6 Å². The van der Waals surface area contributed by atoms with Crippen molar-refractivity contribution in [1.29, 1.82) is 0 Å². The molecule has 2 atom stereocenters. The quantitative estimate of drug-likeness (QED) is 0.789. The second-order valence-electron chi connectivity index (χ2n) is 7.00. The standard InChI is InChI=1S/C22H26N2O4/c1-27-19-10-6-17(7-11-19)23-21(25)15-4-3-5-16(14-15)22(26)24-18-8-12-20(28-2)13-9-18/h6-13,15-16H,3-5,14H2,1-2H3,(H,23,25)(H,24,26)/t15-,16-/m0/s1. The number of hydrogen-bond acceptors (Lipinski definition) is 4. The van der Waals surface area contributed by atoms with E-state index in [1.54, 1.807) is 14.2 Å². The lowest BCUT2D eigenvalue weighted by Gasteiger charge is -2.27. The number of amides is 2. The third kappa shape index (κ3) is 5.03. The minimum atomic E-state index is -0.164. The topological polar surface area (TPSA) is 76.7 Å². The lowest BCUT2D eigenvalue weighted by Crippen LogP contribution is -2.33. The predicted octanol–water partition coefficient (Wildman–Crippen LogP) is 4.09. The molecule has 1 aliphatic carbocycles. The molecule has 6 nitrogen and oxygen atoms in total. The van der Waals surface area contributed by atoms with Crippen molar-refractivity contribution >= 4 is 23.2 Å². The highest BCUT2D eigenvalue weighted by atomic mass is 16.5. The van der Waals surface area contributed by atoms with Gasteiger partial charge in [0, 0.05) is 23.2 Å². The molecule has 28 heavy (non-hydrogen) atoms. The molecule has 6 heteroatoms. The van der Waals surface area contributed by atoms with Gasteiger partial charge in [0.2, 0.25) is 11.8 Å². The molecule has 2 amide bonds. The van der Waals surface area contributed by atoms with Gasteiger partial charge in [0.05, 0.1) is 14.2 Å². The average molecular weight is 382 g/mol. The van der Waals surface area contributed by atoms with Gasteiger partial charge < -0.3 is 20.1 Å². The van der Waals surface area contributed by atoms with E-state index in [-0.39, 0.29) is 23.7 Å². The summed E-state index contributed by atoms with van der Waals surface area (Å²) in [4.78, 5) is 25.3. The van der Waals surface area contributed by atoms with Gasteiger partial charge in [-0.3, -0.25) is 9.59 Å². The first kappa shape index (κ1) is 19.7. The van der Waals surface area contributed by atoms with Crippen molar-refractivity contribution in [2.75, 3.05) is 24.9 Å². The van der Waals surface area contributed by atoms with Crippen LogP contribution in [0.25, 0.3) is 0 Å². The van der Waals surface area contributed by atoms with E-state index in [9.17, 15) is 9.59 Å². The van der Waals surface area contributed by atoms with Gasteiger partial charge >= 0.3 is 0 Å². The molecule has 0 unspecified atom stereocenters. The fraction of sp³-hybridized carbons (Fsp3) is 0.364. The van der Waals surface area contributed by atoms with Gasteiger partial charge in [-0.25, -0.2) is 0 Å². The third-order valence-electron chi connectivity index (χ3n) is 5.13. The number of nitrogens with one attached hydrogen (secondary N) is 2. The highest BCUT2D eigenvalue weighted by Crippen LogP contribution is 2.31. The summed E-state index contributed by atoms with van der Waals surface area (Å²) < 4.78 is 10.3. The molecule has 3 rings (SSSR count). The molecule has 2 N–H and O–H groups in total. The van der Waals surface area contributed by atoms with Crippen LogP contribution in [0, 0.1) is 11.8 Å². The van der Waals surface area contributed by atoms with E-state index in [1.807, 2.05) is 48.5 Å². The van der Waals surface area contributed by atoms with Crippen molar-refractivity contribution in [3.8, 4) is 11.5 Å². The number of anilines is 2. The van der Waals surface area contributed by atoms with Crippen molar-refractivity contribution in [3.63, 3.8) is 0 Å². The average Bonchev–Trinajstić information content (AvgIpc) is 2.75. The van der Waals surface area contributed by atoms with Crippen molar-refractivity contribution in [1.82, 2.24) is 0 Å². The second kappa shape index (κ2) is 9.26. The predicted molar refractivity (Wildman–Crippen MR) is 109 cm³/mol. The number of benzene rings is 2. The summed E-state index contributed by atoms with van der Waals surface area (Å²) in [6, 6.07) is 14.5. The van der Waals surface area contributed by atoms with Crippen LogP contribution in [-0.4, -0.2) is 26.0 Å². The molecule has 1 saturated carbocycles. The molecule has 1 aliphatic rings. The van der Waals surface area contributed by atoms with Gasteiger partial charge in [-0.05, 0) is 67.8 Å². The number of carbonyl (C=O) groups is 2. The van der Waals surface area contributed by atoms with E-state index < -0.39 is 0 Å². The molecular formula is C22H26N2O4. The van der Waals surface area contributed by atoms with Gasteiger partial charge in [0.1, 0.15) is 11.5 Å². The third-order valence-corrected chi connectivity index (χ3v) is 5.13. The van der Waals surface area contributed by atoms with Crippen molar-refractivity contribution < 1.29 is 19.1 Å². The summed E-state index contributed by atoms with van der Waals surface area (Å²) in [6.45, 7) is 0. The highest BCUT2D eigenvalue weighted by molar-refractivity contribution is 5.95. The van der Waals surface area contributed by atoms with Crippen LogP contribution in [0.2, 0.25) is 0 Å². The summed E-state index contributed by atoms with van der Waals surface area (Å²) >= 11 is 0. The van der Waals surface area contributed by atoms with Gasteiger partial charge in [-0.2, -0.15) is 0 Å². The van der Waals surface area contributed by atoms with Crippen molar-refractivity contribution in [2.45, 2.75) is 25.7 Å². The van der Waals surface area contributed by atoms with Crippen LogP contribution in [0.4, 0.5) is 11.4 Å². The maximum Gasteiger partial charge on any atom is 0.227 e. The Labute approximate surface area is 165 Å². The monoisotopic (exact) mass is 382 g/mol. The Balaban J connectivity index is 1.55. The van der Waals surface area contributed by atoms with Crippen LogP contribution in [-0.2, 0) is 9.59 Å². The smallest absolute Gasteiger partial charge is 0.227 e. The largest absolute Gasteiger partial charge is 0.497 e. The van der Waals surface area contributed by atoms with E-state index in [1.165, 1.54) is 0 Å². The Morgan fingerprint density at radius 1 is 0.750 bits per heavy atom. The lowest BCUT2D eigenvalue weighted by molar-refractivity contribution is -0.124. The summed E-state index contributed by atoms with van der Waals surface area (Å²) in [6.07, 6.45) is 3.02. The van der Waals surface area contributed by atoms with Crippen LogP contribution in [0.5, 0.6) is 11.5 Å². The number of rotatable bonds is 6. The van der Waals surface area contributed by atoms with E-state index in [0.717, 1.165) is 42.1 Å². The summed E-state index contributed by atoms with van der Waals surface area (Å²) in [5.74, 6) is 1.08. The summed E-state index contributed by atoms with van der Waals surface area (Å²) in [5.41, 5.74) is 1.46. The van der Waals surface area contributed by atoms with Crippen molar-refractivity contribution in [3.05, 3.63) is 48.5 Å². The van der Waals surface area contributed by atoms with Crippen LogP contribution in [0.1, 0.15) is 25.7 Å². The maximum absolute atomic E-state index is 12.6. The molecule has 0 aromatic heterocycles. The van der Waals surface area contributed by atoms with Gasteiger partial charge in [0.25, 0.3) is 0 Å². The number of hydrogen-bond donors (Lipinski definition) is 2.